The summed E-state index contributed by atoms with van der Waals surface area (Å²) >= 11 is 6.68. The lowest BCUT2D eigenvalue weighted by atomic mass is 9.86. The molecule has 0 saturated carbocycles. The molecule has 1 aliphatic carbocycles. The van der Waals surface area contributed by atoms with E-state index in [0.29, 0.717) is 11.1 Å². The van der Waals surface area contributed by atoms with Gasteiger partial charge in [-0.25, -0.2) is 0 Å². The van der Waals surface area contributed by atoms with Gasteiger partial charge in [-0.15, -0.1) is 47.0 Å². The van der Waals surface area contributed by atoms with E-state index in [4.69, 9.17) is 0 Å². The number of ketones is 2. The van der Waals surface area contributed by atoms with Crippen molar-refractivity contribution in [1.82, 2.24) is 0 Å². The van der Waals surface area contributed by atoms with Gasteiger partial charge in [-0.3, -0.25) is 9.59 Å². The molecule has 6 rings (SSSR count). The van der Waals surface area contributed by atoms with Gasteiger partial charge in [-0.2, -0.15) is 0 Å². The lowest BCUT2D eigenvalue weighted by molar-refractivity contribution is 0.0741. The van der Waals surface area contributed by atoms with Crippen LogP contribution in [0.2, 0.25) is 0 Å². The number of carbonyl (C=O) groups is 2. The Labute approximate surface area is 185 Å². The van der Waals surface area contributed by atoms with Crippen molar-refractivity contribution in [3.63, 3.8) is 0 Å². The first-order valence-electron chi connectivity index (χ1n) is 9.23. The molecule has 2 aliphatic heterocycles. The lowest BCUT2D eigenvalue weighted by Crippen LogP contribution is -2.47. The number of rotatable bonds is 2. The van der Waals surface area contributed by atoms with E-state index in [1.165, 1.54) is 0 Å². The number of hydrogen-bond donors (Lipinski definition) is 0. The molecule has 0 fully saturated rings. The van der Waals surface area contributed by atoms with Crippen molar-refractivity contribution in [1.29, 1.82) is 0 Å². The van der Waals surface area contributed by atoms with Crippen molar-refractivity contribution in [3.8, 4) is 0 Å². The van der Waals surface area contributed by atoms with Crippen LogP contribution in [0.5, 0.6) is 0 Å². The first kappa shape index (κ1) is 18.2. The Morgan fingerprint density at radius 2 is 0.828 bits per heavy atom. The monoisotopic (exact) mass is 450 g/mol. The highest BCUT2D eigenvalue weighted by molar-refractivity contribution is 8.21. The van der Waals surface area contributed by atoms with Crippen molar-refractivity contribution in [3.05, 3.63) is 83.9 Å². The topological polar surface area (TPSA) is 34.1 Å². The molecular formula is C23H14O2S4. The fourth-order valence-corrected chi connectivity index (χ4v) is 11.1. The van der Waals surface area contributed by atoms with Crippen LogP contribution in [-0.4, -0.2) is 20.7 Å². The van der Waals surface area contributed by atoms with Crippen molar-refractivity contribution < 1.29 is 9.59 Å². The van der Waals surface area contributed by atoms with Gasteiger partial charge >= 0.3 is 0 Å². The van der Waals surface area contributed by atoms with E-state index in [0.717, 1.165) is 19.6 Å². The third-order valence-electron chi connectivity index (χ3n) is 5.55. The Morgan fingerprint density at radius 3 is 1.17 bits per heavy atom. The predicted molar refractivity (Wildman–Crippen MR) is 121 cm³/mol. The number of Topliss-reactive ketones (excluding diaryl/α,β-unsaturated/α-hetero) is 2. The average molecular weight is 451 g/mol. The third kappa shape index (κ3) is 2.49. The molecule has 0 unspecified atom stereocenters. The predicted octanol–water partition coefficient (Wildman–Crippen LogP) is 6.50. The van der Waals surface area contributed by atoms with E-state index >= 15 is 0 Å². The van der Waals surface area contributed by atoms with Gasteiger partial charge in [0, 0.05) is 30.7 Å². The summed E-state index contributed by atoms with van der Waals surface area (Å²) in [6.07, 6.45) is 0. The molecule has 2 heterocycles. The summed E-state index contributed by atoms with van der Waals surface area (Å²) in [6, 6.07) is 23.7. The zero-order valence-electron chi connectivity index (χ0n) is 15.0. The summed E-state index contributed by atoms with van der Waals surface area (Å²) in [5.74, 6) is -0.0394. The number of hydrogen-bond acceptors (Lipinski definition) is 6. The highest BCUT2D eigenvalue weighted by Crippen LogP contribution is 2.66. The Bertz CT molecular complexity index is 1050. The molecule has 0 aromatic heterocycles. The van der Waals surface area contributed by atoms with Gasteiger partial charge in [0.25, 0.3) is 0 Å². The van der Waals surface area contributed by atoms with Crippen LogP contribution in [0.3, 0.4) is 0 Å². The van der Waals surface area contributed by atoms with Crippen molar-refractivity contribution in [2.75, 3.05) is 0 Å². The highest BCUT2D eigenvalue weighted by Gasteiger charge is 2.65. The van der Waals surface area contributed by atoms with Gasteiger partial charge in [0.1, 0.15) is 5.41 Å². The highest BCUT2D eigenvalue weighted by atomic mass is 32.2. The standard InChI is InChI=1S/C23H14O2S4/c24-19-13-7-1-2-8-14(13)20(25)23(19,21-26-15-9-3-4-10-16(15)27-21)22-28-17-11-5-6-12-18(17)29-22/h1-12,21-22H. The summed E-state index contributed by atoms with van der Waals surface area (Å²) in [7, 11) is 0. The summed E-state index contributed by atoms with van der Waals surface area (Å²) in [5, 5.41) is 0. The molecule has 142 valence electrons. The van der Waals surface area contributed by atoms with E-state index in [1.54, 1.807) is 47.0 Å². The number of fused-ring (bicyclic) bond motifs is 3. The maximum Gasteiger partial charge on any atom is 0.181 e. The lowest BCUT2D eigenvalue weighted by Gasteiger charge is -2.35. The third-order valence-corrected chi connectivity index (χ3v) is 11.7. The van der Waals surface area contributed by atoms with E-state index in [-0.39, 0.29) is 20.7 Å². The second-order valence-corrected chi connectivity index (χ2v) is 12.3. The van der Waals surface area contributed by atoms with Crippen molar-refractivity contribution >= 4 is 58.6 Å². The summed E-state index contributed by atoms with van der Waals surface area (Å²) in [5.41, 5.74) is 0.0606. The van der Waals surface area contributed by atoms with E-state index in [1.807, 2.05) is 48.5 Å². The van der Waals surface area contributed by atoms with Gasteiger partial charge in [-0.1, -0.05) is 48.5 Å². The van der Waals surface area contributed by atoms with Crippen LogP contribution < -0.4 is 0 Å². The summed E-state index contributed by atoms with van der Waals surface area (Å²) in [4.78, 5) is 32.5. The maximum atomic E-state index is 13.9. The Hall–Kier alpha value is -1.60. The van der Waals surface area contributed by atoms with Crippen LogP contribution >= 0.6 is 47.0 Å². The molecule has 29 heavy (non-hydrogen) atoms. The van der Waals surface area contributed by atoms with Crippen molar-refractivity contribution in [2.24, 2.45) is 5.41 Å². The van der Waals surface area contributed by atoms with Crippen LogP contribution in [0.15, 0.2) is 92.4 Å². The second-order valence-electron chi connectivity index (χ2n) is 7.10. The molecule has 0 radical (unpaired) electrons. The molecule has 3 aromatic carbocycles. The minimum atomic E-state index is -1.09. The number of benzene rings is 3. The molecule has 3 aromatic rings. The molecular weight excluding hydrogens is 437 g/mol. The molecule has 0 bridgehead atoms. The van der Waals surface area contributed by atoms with Crippen LogP contribution in [0.25, 0.3) is 0 Å². The normalized spacial score (nSPS) is 20.0. The second kappa shape index (κ2) is 6.71. The van der Waals surface area contributed by atoms with E-state index in [2.05, 4.69) is 24.3 Å². The molecule has 3 aliphatic rings. The molecule has 0 saturated heterocycles. The average Bonchev–Trinajstić information content (AvgIpc) is 3.43. The smallest absolute Gasteiger partial charge is 0.181 e. The van der Waals surface area contributed by atoms with Gasteiger partial charge < -0.3 is 0 Å². The van der Waals surface area contributed by atoms with Gasteiger partial charge in [-0.05, 0) is 24.3 Å². The van der Waals surface area contributed by atoms with E-state index in [9.17, 15) is 9.59 Å². The summed E-state index contributed by atoms with van der Waals surface area (Å²) < 4.78 is -0.349. The minimum absolute atomic E-state index is 0.0197. The number of thioether (sulfide) groups is 4. The Morgan fingerprint density at radius 1 is 0.517 bits per heavy atom. The minimum Gasteiger partial charge on any atom is -0.293 e. The van der Waals surface area contributed by atoms with Crippen LogP contribution in [-0.2, 0) is 0 Å². The fraction of sp³-hybridized carbons (Fsp3) is 0.130. The Kier molecular flexibility index (Phi) is 4.21. The number of carbonyl (C=O) groups excluding carboxylic acids is 2. The van der Waals surface area contributed by atoms with Crippen molar-refractivity contribution in [2.45, 2.75) is 28.7 Å². The molecule has 0 amide bonds. The summed E-state index contributed by atoms with van der Waals surface area (Å²) in [6.45, 7) is 0. The van der Waals surface area contributed by atoms with Crippen LogP contribution in [0, 0.1) is 5.41 Å². The first-order chi connectivity index (χ1) is 14.2. The van der Waals surface area contributed by atoms with Gasteiger partial charge in [0.15, 0.2) is 11.6 Å². The first-order valence-corrected chi connectivity index (χ1v) is 12.7. The SMILES string of the molecule is O=C1c2ccccc2C(=O)C1(C1Sc2ccccc2S1)C1Sc2ccccc2S1. The molecule has 6 heteroatoms. The molecule has 0 N–H and O–H groups in total. The zero-order chi connectivity index (χ0) is 19.6. The van der Waals surface area contributed by atoms with Crippen LogP contribution in [0.4, 0.5) is 0 Å². The van der Waals surface area contributed by atoms with Gasteiger partial charge in [0.05, 0.1) is 9.16 Å². The molecule has 0 atom stereocenters. The Balaban J connectivity index is 1.51. The quantitative estimate of drug-likeness (QED) is 0.415. The fourth-order valence-electron chi connectivity index (χ4n) is 4.14. The largest absolute Gasteiger partial charge is 0.293 e. The maximum absolute atomic E-state index is 13.9. The van der Waals surface area contributed by atoms with Gasteiger partial charge in [0.2, 0.25) is 0 Å². The zero-order valence-corrected chi connectivity index (χ0v) is 18.3. The van der Waals surface area contributed by atoms with E-state index < -0.39 is 5.41 Å². The molecule has 2 nitrogen and oxygen atoms in total. The molecule has 0 spiro atoms. The van der Waals surface area contributed by atoms with Crippen LogP contribution in [0.1, 0.15) is 20.7 Å².